The molecule has 5 nitrogen and oxygen atoms in total. The summed E-state index contributed by atoms with van der Waals surface area (Å²) in [6.07, 6.45) is 2.99. The van der Waals surface area contributed by atoms with Gasteiger partial charge in [-0.1, -0.05) is 36.4 Å². The Morgan fingerprint density at radius 2 is 1.75 bits per heavy atom. The molecule has 4 rings (SSSR count). The fourth-order valence-electron chi connectivity index (χ4n) is 3.26. The van der Waals surface area contributed by atoms with E-state index < -0.39 is 5.97 Å². The number of fused-ring (bicyclic) bond motifs is 1. The third-order valence-corrected chi connectivity index (χ3v) is 6.07. The quantitative estimate of drug-likeness (QED) is 0.220. The fraction of sp³-hybridized carbons (Fsp3) is 0.0769. The van der Waals surface area contributed by atoms with Crippen LogP contribution in [-0.4, -0.2) is 24.0 Å². The van der Waals surface area contributed by atoms with E-state index >= 15 is 0 Å². The second-order valence-electron chi connectivity index (χ2n) is 7.11. The number of aryl methyl sites for hydroxylation is 1. The molecule has 0 fully saturated rings. The number of benzene rings is 3. The third-order valence-electron chi connectivity index (χ3n) is 4.94. The zero-order chi connectivity index (χ0) is 22.7. The summed E-state index contributed by atoms with van der Waals surface area (Å²) in [7, 11) is 1.32. The van der Waals surface area contributed by atoms with Crippen LogP contribution in [0.25, 0.3) is 16.2 Å². The number of methoxy groups -OCH3 is 1. The van der Waals surface area contributed by atoms with Crippen LogP contribution in [0.3, 0.4) is 0 Å². The van der Waals surface area contributed by atoms with Crippen molar-refractivity contribution in [3.05, 3.63) is 94.4 Å². The van der Waals surface area contributed by atoms with Gasteiger partial charge in [0.15, 0.2) is 5.75 Å². The Balaban J connectivity index is 1.72. The summed E-state index contributed by atoms with van der Waals surface area (Å²) in [6.45, 7) is 1.90. The van der Waals surface area contributed by atoms with Crippen molar-refractivity contribution in [3.63, 3.8) is 0 Å². The molecule has 0 saturated heterocycles. The average molecular weight is 445 g/mol. The number of thiophene rings is 1. The van der Waals surface area contributed by atoms with E-state index in [0.717, 1.165) is 21.2 Å². The zero-order valence-corrected chi connectivity index (χ0v) is 18.3. The highest BCUT2D eigenvalue weighted by Crippen LogP contribution is 2.42. The van der Waals surface area contributed by atoms with E-state index in [2.05, 4.69) is 4.74 Å². The van der Waals surface area contributed by atoms with Gasteiger partial charge in [0.1, 0.15) is 16.4 Å². The molecular formula is C26H20O5S. The maximum absolute atomic E-state index is 13.4. The van der Waals surface area contributed by atoms with Crippen molar-refractivity contribution >= 4 is 39.3 Å². The van der Waals surface area contributed by atoms with Crippen LogP contribution in [0.4, 0.5) is 0 Å². The molecule has 1 N–H and O–H groups in total. The van der Waals surface area contributed by atoms with Gasteiger partial charge in [-0.15, -0.1) is 11.3 Å². The van der Waals surface area contributed by atoms with Crippen molar-refractivity contribution in [2.75, 3.05) is 7.11 Å². The number of ketones is 1. The minimum atomic E-state index is -0.433. The molecule has 0 unspecified atom stereocenters. The molecule has 0 aliphatic carbocycles. The number of hydrogen-bond acceptors (Lipinski definition) is 6. The number of ether oxygens (including phenoxy) is 2. The predicted octanol–water partition coefficient (Wildman–Crippen LogP) is 6.12. The van der Waals surface area contributed by atoms with Gasteiger partial charge in [0.25, 0.3) is 0 Å². The van der Waals surface area contributed by atoms with Gasteiger partial charge < -0.3 is 14.6 Å². The summed E-state index contributed by atoms with van der Waals surface area (Å²) in [5, 5.41) is 10.6. The second kappa shape index (κ2) is 9.08. The van der Waals surface area contributed by atoms with Gasteiger partial charge in [-0.3, -0.25) is 4.79 Å². The Bertz CT molecular complexity index is 1330. The first-order valence-corrected chi connectivity index (χ1v) is 10.7. The maximum atomic E-state index is 13.4. The largest absolute Gasteiger partial charge is 0.508 e. The molecule has 0 bridgehead atoms. The van der Waals surface area contributed by atoms with Crippen LogP contribution in [0.1, 0.15) is 26.4 Å². The molecule has 1 aromatic heterocycles. The summed E-state index contributed by atoms with van der Waals surface area (Å²) in [4.78, 5) is 25.1. The molecule has 32 heavy (non-hydrogen) atoms. The lowest BCUT2D eigenvalue weighted by molar-refractivity contribution is -0.134. The molecule has 0 aliphatic rings. The van der Waals surface area contributed by atoms with Gasteiger partial charge in [-0.2, -0.15) is 0 Å². The molecule has 0 saturated carbocycles. The molecular weight excluding hydrogens is 424 g/mol. The van der Waals surface area contributed by atoms with E-state index in [-0.39, 0.29) is 11.5 Å². The van der Waals surface area contributed by atoms with E-state index in [9.17, 15) is 14.7 Å². The van der Waals surface area contributed by atoms with Gasteiger partial charge in [-0.05, 0) is 54.5 Å². The van der Waals surface area contributed by atoms with E-state index in [1.165, 1.54) is 24.5 Å². The van der Waals surface area contributed by atoms with Crippen LogP contribution < -0.4 is 4.74 Å². The highest BCUT2D eigenvalue weighted by Gasteiger charge is 2.23. The summed E-state index contributed by atoms with van der Waals surface area (Å²) < 4.78 is 11.5. The molecule has 3 aromatic carbocycles. The van der Waals surface area contributed by atoms with Crippen molar-refractivity contribution in [2.24, 2.45) is 0 Å². The molecule has 0 atom stereocenters. The van der Waals surface area contributed by atoms with Crippen molar-refractivity contribution < 1.29 is 24.2 Å². The summed E-state index contributed by atoms with van der Waals surface area (Å²) in [5.74, 6) is 0.568. The van der Waals surface area contributed by atoms with Gasteiger partial charge in [0.2, 0.25) is 5.78 Å². The number of carbonyl (C=O) groups excluding carboxylic acids is 2. The third kappa shape index (κ3) is 4.40. The molecule has 0 amide bonds. The van der Waals surface area contributed by atoms with Crippen molar-refractivity contribution in [2.45, 2.75) is 6.92 Å². The molecule has 4 aromatic rings. The van der Waals surface area contributed by atoms with E-state index in [4.69, 9.17) is 4.74 Å². The van der Waals surface area contributed by atoms with Crippen molar-refractivity contribution in [1.82, 2.24) is 0 Å². The number of phenols is 1. The summed E-state index contributed by atoms with van der Waals surface area (Å²) in [5.41, 5.74) is 2.29. The number of phenolic OH excluding ortho intramolecular Hbond substituents is 1. The highest BCUT2D eigenvalue weighted by molar-refractivity contribution is 7.21. The second-order valence-corrected chi connectivity index (χ2v) is 8.16. The number of hydrogen-bond donors (Lipinski definition) is 1. The van der Waals surface area contributed by atoms with Crippen LogP contribution >= 0.6 is 11.3 Å². The summed E-state index contributed by atoms with van der Waals surface area (Å²) >= 11 is 1.29. The van der Waals surface area contributed by atoms with Crippen molar-refractivity contribution in [1.29, 1.82) is 0 Å². The van der Waals surface area contributed by atoms with Crippen LogP contribution in [-0.2, 0) is 9.53 Å². The van der Waals surface area contributed by atoms with Crippen LogP contribution in [0, 0.1) is 6.92 Å². The molecule has 1 heterocycles. The van der Waals surface area contributed by atoms with E-state index in [0.29, 0.717) is 21.9 Å². The number of rotatable bonds is 6. The fourth-order valence-corrected chi connectivity index (χ4v) is 4.38. The Hall–Kier alpha value is -3.90. The number of esters is 1. The Morgan fingerprint density at radius 1 is 1.00 bits per heavy atom. The normalized spacial score (nSPS) is 11.1. The molecule has 6 heteroatoms. The first-order valence-electron chi connectivity index (χ1n) is 9.86. The van der Waals surface area contributed by atoms with Crippen molar-refractivity contribution in [3.8, 4) is 17.2 Å². The van der Waals surface area contributed by atoms with Crippen LogP contribution in [0.2, 0.25) is 0 Å². The summed E-state index contributed by atoms with van der Waals surface area (Å²) in [6, 6.07) is 19.5. The first-order chi connectivity index (χ1) is 15.5. The maximum Gasteiger partial charge on any atom is 0.330 e. The molecule has 0 spiro atoms. The minimum Gasteiger partial charge on any atom is -0.508 e. The molecule has 160 valence electrons. The Kier molecular flexibility index (Phi) is 6.05. The minimum absolute atomic E-state index is 0.127. The molecule has 0 aliphatic heterocycles. The Morgan fingerprint density at radius 3 is 2.47 bits per heavy atom. The lowest BCUT2D eigenvalue weighted by Crippen LogP contribution is -2.03. The van der Waals surface area contributed by atoms with Gasteiger partial charge >= 0.3 is 5.97 Å². The SMILES string of the molecule is COC(=O)/C=C/c1ccc(Oc2c(C(=O)c3ccccc3C)sc3cc(O)ccc23)cc1. The van der Waals surface area contributed by atoms with Gasteiger partial charge in [0.05, 0.1) is 7.11 Å². The smallest absolute Gasteiger partial charge is 0.330 e. The van der Waals surface area contributed by atoms with Crippen LogP contribution in [0.15, 0.2) is 72.8 Å². The standard InChI is InChI=1S/C26H20O5S/c1-16-5-3-4-6-20(16)24(29)26-25(21-13-10-18(27)15-22(21)32-26)31-19-11-7-17(8-12-19)9-14-23(28)30-2/h3-15,27H,1-2H3/b14-9+. The molecule has 0 radical (unpaired) electrons. The lowest BCUT2D eigenvalue weighted by Gasteiger charge is -2.09. The number of aromatic hydroxyl groups is 1. The monoisotopic (exact) mass is 444 g/mol. The highest BCUT2D eigenvalue weighted by atomic mass is 32.1. The lowest BCUT2D eigenvalue weighted by atomic mass is 10.0. The first kappa shape index (κ1) is 21.3. The van der Waals surface area contributed by atoms with Crippen LogP contribution in [0.5, 0.6) is 17.2 Å². The zero-order valence-electron chi connectivity index (χ0n) is 17.5. The number of carbonyl (C=O) groups is 2. The predicted molar refractivity (Wildman–Crippen MR) is 126 cm³/mol. The average Bonchev–Trinajstić information content (AvgIpc) is 3.15. The van der Waals surface area contributed by atoms with E-state index in [1.54, 1.807) is 54.6 Å². The van der Waals surface area contributed by atoms with Gasteiger partial charge in [-0.25, -0.2) is 4.79 Å². The Labute approximate surface area is 189 Å². The van der Waals surface area contributed by atoms with Gasteiger partial charge in [0, 0.05) is 21.7 Å². The van der Waals surface area contributed by atoms with E-state index in [1.807, 2.05) is 25.1 Å². The topological polar surface area (TPSA) is 72.8 Å².